The van der Waals surface area contributed by atoms with E-state index in [9.17, 15) is 13.6 Å². The molecule has 0 spiro atoms. The lowest BCUT2D eigenvalue weighted by Gasteiger charge is -2.15. The van der Waals surface area contributed by atoms with Gasteiger partial charge in [-0.2, -0.15) is 4.98 Å². The summed E-state index contributed by atoms with van der Waals surface area (Å²) in [5, 5.41) is 8.78. The van der Waals surface area contributed by atoms with Gasteiger partial charge in [-0.15, -0.1) is 0 Å². The van der Waals surface area contributed by atoms with Crippen LogP contribution in [0.3, 0.4) is 0 Å². The number of nitrogens with two attached hydrogens (primary N) is 1. The molecule has 94 valence electrons. The van der Waals surface area contributed by atoms with E-state index in [4.69, 9.17) is 15.6 Å². The van der Waals surface area contributed by atoms with Crippen LogP contribution in [0.1, 0.15) is 6.23 Å². The number of aliphatic hydroxyl groups is 1. The van der Waals surface area contributed by atoms with Crippen molar-refractivity contribution < 1.29 is 18.6 Å². The van der Waals surface area contributed by atoms with Crippen LogP contribution in [0.25, 0.3) is 0 Å². The minimum absolute atomic E-state index is 0.0184. The first kappa shape index (κ1) is 11.9. The zero-order valence-corrected chi connectivity index (χ0v) is 8.66. The van der Waals surface area contributed by atoms with Gasteiger partial charge in [0.1, 0.15) is 11.9 Å². The molecule has 0 bridgehead atoms. The lowest BCUT2D eigenvalue weighted by Crippen LogP contribution is -2.32. The summed E-state index contributed by atoms with van der Waals surface area (Å²) in [4.78, 5) is 14.8. The van der Waals surface area contributed by atoms with Crippen LogP contribution in [0.15, 0.2) is 17.1 Å². The van der Waals surface area contributed by atoms with Crippen LogP contribution < -0.4 is 11.4 Å². The molecule has 0 radical (unpaired) electrons. The van der Waals surface area contributed by atoms with E-state index in [1.54, 1.807) is 0 Å². The highest BCUT2D eigenvalue weighted by Crippen LogP contribution is 2.32. The summed E-state index contributed by atoms with van der Waals surface area (Å²) in [6, 6.07) is 1.27. The molecule has 8 heteroatoms. The smallest absolute Gasteiger partial charge is 0.351 e. The molecule has 17 heavy (non-hydrogen) atoms. The number of aromatic nitrogens is 2. The number of nitrogens with zero attached hydrogens (tertiary/aromatic N) is 2. The van der Waals surface area contributed by atoms with Gasteiger partial charge in [0, 0.05) is 6.20 Å². The Hall–Kier alpha value is -1.54. The summed E-state index contributed by atoms with van der Waals surface area (Å²) >= 11 is 0. The first-order valence-corrected chi connectivity index (χ1v) is 4.93. The Kier molecular flexibility index (Phi) is 3.07. The van der Waals surface area contributed by atoms with Crippen LogP contribution in [0, 0.1) is 0 Å². The van der Waals surface area contributed by atoms with Gasteiger partial charge < -0.3 is 15.6 Å². The van der Waals surface area contributed by atoms with Gasteiger partial charge >= 0.3 is 5.69 Å². The number of ether oxygens (including phenoxy) is 1. The third-order valence-electron chi connectivity index (χ3n) is 2.55. The first-order chi connectivity index (χ1) is 8.04. The number of aliphatic hydroxyl groups excluding tert-OH is 1. The molecular formula is C9H11F2N3O3. The standard InChI is InChI=1S/C9H11F2N3O3/c10-6-4(3-15)17-8(7(6)11)14-2-1-5(12)13-9(14)16/h1-2,4,6-8,15H,3H2,(H2,12,13,16)/t4-,6-,7+,8?/m1/s1. The highest BCUT2D eigenvalue weighted by Gasteiger charge is 2.46. The van der Waals surface area contributed by atoms with E-state index < -0.39 is 37.0 Å². The summed E-state index contributed by atoms with van der Waals surface area (Å²) in [7, 11) is 0. The maximum atomic E-state index is 13.6. The molecule has 0 saturated carbocycles. The van der Waals surface area contributed by atoms with E-state index in [2.05, 4.69) is 4.98 Å². The Morgan fingerprint density at radius 3 is 2.76 bits per heavy atom. The Labute approximate surface area is 94.6 Å². The Morgan fingerprint density at radius 2 is 2.24 bits per heavy atom. The first-order valence-electron chi connectivity index (χ1n) is 4.93. The predicted octanol–water partition coefficient (Wildman–Crippen LogP) is -0.609. The molecule has 2 rings (SSSR count). The maximum Gasteiger partial charge on any atom is 0.351 e. The van der Waals surface area contributed by atoms with Crippen molar-refractivity contribution in [1.82, 2.24) is 9.55 Å². The van der Waals surface area contributed by atoms with Crippen molar-refractivity contribution in [2.75, 3.05) is 12.3 Å². The molecule has 2 heterocycles. The molecule has 0 amide bonds. The highest BCUT2D eigenvalue weighted by molar-refractivity contribution is 5.23. The summed E-state index contributed by atoms with van der Waals surface area (Å²) in [6.07, 6.45) is -5.54. The van der Waals surface area contributed by atoms with Gasteiger partial charge in [0.05, 0.1) is 6.61 Å². The second kappa shape index (κ2) is 4.38. The van der Waals surface area contributed by atoms with E-state index in [0.29, 0.717) is 0 Å². The molecule has 1 fully saturated rings. The third-order valence-corrected chi connectivity index (χ3v) is 2.55. The van der Waals surface area contributed by atoms with Gasteiger partial charge in [-0.1, -0.05) is 0 Å². The molecule has 6 nitrogen and oxygen atoms in total. The second-order valence-electron chi connectivity index (χ2n) is 3.68. The topological polar surface area (TPSA) is 90.4 Å². The highest BCUT2D eigenvalue weighted by atomic mass is 19.2. The van der Waals surface area contributed by atoms with Crippen LogP contribution in [0.4, 0.5) is 14.6 Å². The summed E-state index contributed by atoms with van der Waals surface area (Å²) < 4.78 is 32.6. The Bertz CT molecular complexity index is 467. The second-order valence-corrected chi connectivity index (χ2v) is 3.68. The summed E-state index contributed by atoms with van der Waals surface area (Å²) in [5.41, 5.74) is 4.44. The van der Waals surface area contributed by atoms with Gasteiger partial charge in [-0.25, -0.2) is 13.6 Å². The van der Waals surface area contributed by atoms with Gasteiger partial charge in [0.2, 0.25) is 0 Å². The fourth-order valence-electron chi connectivity index (χ4n) is 1.67. The van der Waals surface area contributed by atoms with Gasteiger partial charge in [0.15, 0.2) is 18.6 Å². The molecule has 4 atom stereocenters. The van der Waals surface area contributed by atoms with Crippen molar-refractivity contribution in [1.29, 1.82) is 0 Å². The van der Waals surface area contributed by atoms with Crippen molar-refractivity contribution in [2.45, 2.75) is 24.7 Å². The Morgan fingerprint density at radius 1 is 1.53 bits per heavy atom. The van der Waals surface area contributed by atoms with Gasteiger partial charge in [-0.3, -0.25) is 4.57 Å². The number of hydrogen-bond donors (Lipinski definition) is 2. The van der Waals surface area contributed by atoms with Crippen molar-refractivity contribution in [2.24, 2.45) is 0 Å². The van der Waals surface area contributed by atoms with Crippen molar-refractivity contribution in [3.05, 3.63) is 22.7 Å². The molecule has 1 aromatic heterocycles. The maximum absolute atomic E-state index is 13.6. The number of anilines is 1. The third kappa shape index (κ3) is 2.01. The van der Waals surface area contributed by atoms with Gasteiger partial charge in [0.25, 0.3) is 0 Å². The van der Waals surface area contributed by atoms with Crippen LogP contribution >= 0.6 is 0 Å². The van der Waals surface area contributed by atoms with E-state index >= 15 is 0 Å². The van der Waals surface area contributed by atoms with Gasteiger partial charge in [-0.05, 0) is 6.07 Å². The van der Waals surface area contributed by atoms with Crippen molar-refractivity contribution in [3.63, 3.8) is 0 Å². The van der Waals surface area contributed by atoms with Crippen molar-refractivity contribution >= 4 is 5.82 Å². The molecule has 1 saturated heterocycles. The lowest BCUT2D eigenvalue weighted by atomic mass is 10.2. The van der Waals surface area contributed by atoms with Crippen molar-refractivity contribution in [3.8, 4) is 0 Å². The van der Waals surface area contributed by atoms with Crippen LogP contribution in [0.2, 0.25) is 0 Å². The molecule has 1 unspecified atom stereocenters. The van der Waals surface area contributed by atoms with Crippen LogP contribution in [-0.2, 0) is 4.74 Å². The number of rotatable bonds is 2. The molecule has 0 aromatic carbocycles. The average Bonchev–Trinajstić information content (AvgIpc) is 2.57. The number of hydrogen-bond acceptors (Lipinski definition) is 5. The predicted molar refractivity (Wildman–Crippen MR) is 53.7 cm³/mol. The molecule has 1 aromatic rings. The van der Waals surface area contributed by atoms with Crippen LogP contribution in [-0.4, -0.2) is 39.7 Å². The molecule has 3 N–H and O–H groups in total. The van der Waals surface area contributed by atoms with E-state index in [1.165, 1.54) is 12.3 Å². The average molecular weight is 247 g/mol. The Balaban J connectivity index is 2.32. The zero-order valence-electron chi connectivity index (χ0n) is 8.66. The van der Waals surface area contributed by atoms with E-state index in [1.807, 2.05) is 0 Å². The van der Waals surface area contributed by atoms with E-state index in [0.717, 1.165) is 4.57 Å². The largest absolute Gasteiger partial charge is 0.394 e. The lowest BCUT2D eigenvalue weighted by molar-refractivity contribution is -0.0436. The minimum atomic E-state index is -2.03. The fourth-order valence-corrected chi connectivity index (χ4v) is 1.67. The number of alkyl halides is 2. The summed E-state index contributed by atoms with van der Waals surface area (Å²) in [5.74, 6) is -0.0184. The quantitative estimate of drug-likeness (QED) is 0.727. The molecular weight excluding hydrogens is 236 g/mol. The normalized spacial score (nSPS) is 32.9. The SMILES string of the molecule is Nc1ccn(C2O[C@H](CO)[C@@H](F)[C@@H]2F)c(=O)n1. The fraction of sp³-hybridized carbons (Fsp3) is 0.556. The zero-order chi connectivity index (χ0) is 12.6. The minimum Gasteiger partial charge on any atom is -0.394 e. The number of nitrogen functional groups attached to an aromatic ring is 1. The summed E-state index contributed by atoms with van der Waals surface area (Å²) in [6.45, 7) is -0.658. The van der Waals surface area contributed by atoms with Crippen LogP contribution in [0.5, 0.6) is 0 Å². The molecule has 1 aliphatic heterocycles. The van der Waals surface area contributed by atoms with E-state index in [-0.39, 0.29) is 5.82 Å². The molecule has 0 aliphatic carbocycles. The molecule has 1 aliphatic rings. The monoisotopic (exact) mass is 247 g/mol. The number of halogens is 2.